The van der Waals surface area contributed by atoms with E-state index in [1.165, 1.54) is 48.4 Å². The van der Waals surface area contributed by atoms with Gasteiger partial charge in [-0.15, -0.1) is 23.1 Å². The van der Waals surface area contributed by atoms with Crippen molar-refractivity contribution in [2.75, 3.05) is 23.5 Å². The number of thiophene rings is 1. The van der Waals surface area contributed by atoms with Crippen molar-refractivity contribution in [1.82, 2.24) is 0 Å². The van der Waals surface area contributed by atoms with Crippen LogP contribution in [0.5, 0.6) is 0 Å². The Morgan fingerprint density at radius 3 is 2.58 bits per heavy atom. The molecule has 200 valence electrons. The summed E-state index contributed by atoms with van der Waals surface area (Å²) in [6, 6.07) is 12.8. The minimum absolute atomic E-state index is 0.0428. The second-order valence-corrected chi connectivity index (χ2v) is 12.5. The number of ether oxygens (including phenoxy) is 1. The molecule has 1 heterocycles. The van der Waals surface area contributed by atoms with E-state index in [-0.39, 0.29) is 22.6 Å². The molecule has 6 nitrogen and oxygen atoms in total. The monoisotopic (exact) mass is 554 g/mol. The Labute approximate surface area is 230 Å². The van der Waals surface area contributed by atoms with E-state index in [2.05, 4.69) is 31.4 Å². The molecule has 0 aliphatic heterocycles. The Kier molecular flexibility index (Phi) is 8.57. The minimum Gasteiger partial charge on any atom is -0.465 e. The molecule has 9 heteroatoms. The van der Waals surface area contributed by atoms with Gasteiger partial charge >= 0.3 is 5.97 Å². The molecule has 2 aromatic carbocycles. The lowest BCUT2D eigenvalue weighted by Crippen LogP contribution is -2.26. The SMILES string of the molecule is COC(=O)c1c(NC(=O)CSc2cccc(NC(=O)c3ccccc3F)c2)sc2c1CCC(C(C)(C)C)C2. The van der Waals surface area contributed by atoms with E-state index in [4.69, 9.17) is 4.74 Å². The zero-order valence-corrected chi connectivity index (χ0v) is 23.5. The van der Waals surface area contributed by atoms with Gasteiger partial charge in [0.2, 0.25) is 5.91 Å². The highest BCUT2D eigenvalue weighted by atomic mass is 32.2. The van der Waals surface area contributed by atoms with Gasteiger partial charge in [0.15, 0.2) is 0 Å². The van der Waals surface area contributed by atoms with Crippen molar-refractivity contribution in [3.63, 3.8) is 0 Å². The molecule has 1 aliphatic carbocycles. The van der Waals surface area contributed by atoms with Crippen LogP contribution in [0.25, 0.3) is 0 Å². The van der Waals surface area contributed by atoms with Crippen molar-refractivity contribution in [1.29, 1.82) is 0 Å². The first-order valence-electron chi connectivity index (χ1n) is 12.4. The molecular formula is C29H31FN2O4S2. The molecule has 2 N–H and O–H groups in total. The molecular weight excluding hydrogens is 523 g/mol. The lowest BCUT2D eigenvalue weighted by atomic mass is 9.72. The van der Waals surface area contributed by atoms with E-state index in [0.29, 0.717) is 22.2 Å². The average Bonchev–Trinajstić information content (AvgIpc) is 3.24. The summed E-state index contributed by atoms with van der Waals surface area (Å²) in [6.45, 7) is 6.70. The van der Waals surface area contributed by atoms with Crippen molar-refractivity contribution < 1.29 is 23.5 Å². The Morgan fingerprint density at radius 1 is 1.11 bits per heavy atom. The Hall–Kier alpha value is -3.17. The molecule has 0 saturated carbocycles. The van der Waals surface area contributed by atoms with Crippen molar-refractivity contribution in [3.05, 3.63) is 75.9 Å². The number of amides is 2. The van der Waals surface area contributed by atoms with E-state index in [0.717, 1.165) is 34.6 Å². The van der Waals surface area contributed by atoms with Crippen LogP contribution in [0.4, 0.5) is 15.1 Å². The highest BCUT2D eigenvalue weighted by molar-refractivity contribution is 8.00. The number of anilines is 2. The second-order valence-electron chi connectivity index (χ2n) is 10.3. The summed E-state index contributed by atoms with van der Waals surface area (Å²) in [4.78, 5) is 39.8. The van der Waals surface area contributed by atoms with E-state index in [1.807, 2.05) is 6.07 Å². The largest absolute Gasteiger partial charge is 0.465 e. The third-order valence-electron chi connectivity index (χ3n) is 6.71. The third kappa shape index (κ3) is 6.45. The molecule has 0 spiro atoms. The molecule has 3 aromatic rings. The summed E-state index contributed by atoms with van der Waals surface area (Å²) in [5.74, 6) is -1.20. The van der Waals surface area contributed by atoms with Crippen LogP contribution in [0.2, 0.25) is 0 Å². The number of hydrogen-bond acceptors (Lipinski definition) is 6. The van der Waals surface area contributed by atoms with Gasteiger partial charge < -0.3 is 15.4 Å². The maximum Gasteiger partial charge on any atom is 0.341 e. The smallest absolute Gasteiger partial charge is 0.341 e. The summed E-state index contributed by atoms with van der Waals surface area (Å²) in [7, 11) is 1.35. The van der Waals surface area contributed by atoms with Crippen LogP contribution in [0, 0.1) is 17.2 Å². The first-order chi connectivity index (χ1) is 18.1. The van der Waals surface area contributed by atoms with Crippen LogP contribution >= 0.6 is 23.1 Å². The number of methoxy groups -OCH3 is 1. The quantitative estimate of drug-likeness (QED) is 0.248. The number of fused-ring (bicyclic) bond motifs is 1. The van der Waals surface area contributed by atoms with Crippen molar-refractivity contribution in [2.24, 2.45) is 11.3 Å². The standard InChI is InChI=1S/C29H31FN2O4S2/c1-29(2,3)17-12-13-21-23(14-17)38-27(25(21)28(35)36-4)32-24(33)16-37-19-9-7-8-18(15-19)31-26(34)20-10-5-6-11-22(20)30/h5-11,15,17H,12-14,16H2,1-4H3,(H,31,34)(H,32,33). The second kappa shape index (κ2) is 11.7. The third-order valence-corrected chi connectivity index (χ3v) is 8.88. The van der Waals surface area contributed by atoms with Gasteiger partial charge in [0.1, 0.15) is 10.8 Å². The van der Waals surface area contributed by atoms with E-state index in [9.17, 15) is 18.8 Å². The molecule has 0 bridgehead atoms. The fraction of sp³-hybridized carbons (Fsp3) is 0.345. The van der Waals surface area contributed by atoms with Crippen molar-refractivity contribution >= 4 is 51.6 Å². The van der Waals surface area contributed by atoms with Crippen LogP contribution < -0.4 is 10.6 Å². The lowest BCUT2D eigenvalue weighted by Gasteiger charge is -2.33. The zero-order valence-electron chi connectivity index (χ0n) is 21.9. The molecule has 2 amide bonds. The van der Waals surface area contributed by atoms with Gasteiger partial charge in [-0.1, -0.05) is 39.0 Å². The number of halogens is 1. The number of thioether (sulfide) groups is 1. The molecule has 38 heavy (non-hydrogen) atoms. The maximum atomic E-state index is 13.9. The Balaban J connectivity index is 1.42. The van der Waals surface area contributed by atoms with Crippen molar-refractivity contribution in [3.8, 4) is 0 Å². The zero-order chi connectivity index (χ0) is 27.4. The van der Waals surface area contributed by atoms with Crippen LogP contribution in [0.15, 0.2) is 53.4 Å². The van der Waals surface area contributed by atoms with E-state index in [1.54, 1.807) is 24.3 Å². The van der Waals surface area contributed by atoms with Gasteiger partial charge in [0, 0.05) is 15.5 Å². The molecule has 1 aromatic heterocycles. The molecule has 1 unspecified atom stereocenters. The maximum absolute atomic E-state index is 13.9. The molecule has 1 atom stereocenters. The van der Waals surface area contributed by atoms with Gasteiger partial charge in [-0.25, -0.2) is 9.18 Å². The molecule has 4 rings (SSSR count). The van der Waals surface area contributed by atoms with Crippen LogP contribution in [0.1, 0.15) is 58.3 Å². The fourth-order valence-electron chi connectivity index (χ4n) is 4.55. The minimum atomic E-state index is -0.595. The highest BCUT2D eigenvalue weighted by Crippen LogP contribution is 2.44. The first-order valence-corrected chi connectivity index (χ1v) is 14.2. The number of nitrogens with one attached hydrogen (secondary N) is 2. The van der Waals surface area contributed by atoms with Gasteiger partial charge in [0.25, 0.3) is 5.91 Å². The van der Waals surface area contributed by atoms with Crippen LogP contribution in [0.3, 0.4) is 0 Å². The van der Waals surface area contributed by atoms with Crippen LogP contribution in [-0.4, -0.2) is 30.6 Å². The lowest BCUT2D eigenvalue weighted by molar-refractivity contribution is -0.113. The number of carbonyl (C=O) groups is 3. The van der Waals surface area contributed by atoms with Crippen molar-refractivity contribution in [2.45, 2.75) is 44.9 Å². The van der Waals surface area contributed by atoms with Gasteiger partial charge in [-0.2, -0.15) is 0 Å². The number of benzene rings is 2. The van der Waals surface area contributed by atoms with Crippen LogP contribution in [-0.2, 0) is 22.4 Å². The van der Waals surface area contributed by atoms with E-state index >= 15 is 0 Å². The number of carbonyl (C=O) groups excluding carboxylic acids is 3. The van der Waals surface area contributed by atoms with Gasteiger partial charge in [0.05, 0.1) is 24.0 Å². The number of esters is 1. The summed E-state index contributed by atoms with van der Waals surface area (Å²) in [6.07, 6.45) is 2.65. The molecule has 1 aliphatic rings. The normalized spacial score (nSPS) is 14.9. The summed E-state index contributed by atoms with van der Waals surface area (Å²) < 4.78 is 19.0. The van der Waals surface area contributed by atoms with Gasteiger partial charge in [-0.3, -0.25) is 9.59 Å². The summed E-state index contributed by atoms with van der Waals surface area (Å²) in [5, 5.41) is 6.16. The Morgan fingerprint density at radius 2 is 1.87 bits per heavy atom. The predicted octanol–water partition coefficient (Wildman–Crippen LogP) is 6.81. The predicted molar refractivity (Wildman–Crippen MR) is 151 cm³/mol. The Bertz CT molecular complexity index is 1360. The molecule has 0 saturated heterocycles. The fourth-order valence-corrected chi connectivity index (χ4v) is 6.64. The number of hydrogen-bond donors (Lipinski definition) is 2. The topological polar surface area (TPSA) is 84.5 Å². The summed E-state index contributed by atoms with van der Waals surface area (Å²) >= 11 is 2.76. The number of rotatable bonds is 7. The summed E-state index contributed by atoms with van der Waals surface area (Å²) in [5.41, 5.74) is 2.07. The average molecular weight is 555 g/mol. The molecule has 0 radical (unpaired) electrons. The highest BCUT2D eigenvalue weighted by Gasteiger charge is 2.34. The van der Waals surface area contributed by atoms with Gasteiger partial charge in [-0.05, 0) is 66.5 Å². The molecule has 0 fully saturated rings. The first kappa shape index (κ1) is 27.9. The van der Waals surface area contributed by atoms with E-state index < -0.39 is 17.7 Å².